The minimum absolute atomic E-state index is 0.0387. The Morgan fingerprint density at radius 3 is 2.06 bits per heavy atom. The number of sulfonamides is 1. The molecule has 2 rings (SSSR count). The lowest BCUT2D eigenvalue weighted by Crippen LogP contribution is -2.53. The number of nitrogens with zero attached hydrogens (tertiary/aromatic N) is 2. The summed E-state index contributed by atoms with van der Waals surface area (Å²) in [5, 5.41) is 0. The molecule has 1 amide bonds. The second-order valence-corrected chi connectivity index (χ2v) is 7.32. The molecule has 0 bridgehead atoms. The van der Waals surface area contributed by atoms with E-state index in [1.807, 2.05) is 0 Å². The van der Waals surface area contributed by atoms with E-state index in [1.165, 1.54) is 10.6 Å². The summed E-state index contributed by atoms with van der Waals surface area (Å²) in [5.74, 6) is -0.0387. The van der Waals surface area contributed by atoms with Crippen LogP contribution in [0.25, 0.3) is 0 Å². The first-order valence-electron chi connectivity index (χ1n) is 5.82. The van der Waals surface area contributed by atoms with Crippen LogP contribution in [0.5, 0.6) is 0 Å². The lowest BCUT2D eigenvalue weighted by Gasteiger charge is -2.35. The Kier molecular flexibility index (Phi) is 3.37. The molecule has 0 spiro atoms. The highest BCUT2D eigenvalue weighted by molar-refractivity contribution is 7.88. The number of piperazine rings is 1. The third-order valence-corrected chi connectivity index (χ3v) is 5.32. The summed E-state index contributed by atoms with van der Waals surface area (Å²) in [7, 11) is -3.17. The maximum Gasteiger partial charge on any atom is 0.235 e. The first-order chi connectivity index (χ1) is 8.27. The average molecular weight is 291 g/mol. The monoisotopic (exact) mass is 291 g/mol. The van der Waals surface area contributed by atoms with E-state index in [0.717, 1.165) is 0 Å². The van der Waals surface area contributed by atoms with E-state index < -0.39 is 15.4 Å². The molecule has 102 valence electrons. The van der Waals surface area contributed by atoms with Gasteiger partial charge in [0.2, 0.25) is 15.9 Å². The van der Waals surface area contributed by atoms with E-state index in [-0.39, 0.29) is 10.9 Å². The van der Waals surface area contributed by atoms with Gasteiger partial charge in [-0.05, 0) is 12.8 Å². The molecule has 0 unspecified atom stereocenters. The van der Waals surface area contributed by atoms with Crippen molar-refractivity contribution >= 4 is 33.1 Å². The molecule has 1 aliphatic carbocycles. The fraction of sp³-hybridized carbons (Fsp3) is 0.800. The van der Waals surface area contributed by atoms with Gasteiger partial charge in [-0.15, -0.1) is 0 Å². The van der Waals surface area contributed by atoms with Gasteiger partial charge in [-0.1, -0.05) is 12.2 Å². The van der Waals surface area contributed by atoms with Crippen molar-refractivity contribution in [2.24, 2.45) is 11.1 Å². The van der Waals surface area contributed by atoms with Crippen LogP contribution in [0.1, 0.15) is 12.8 Å². The molecule has 2 fully saturated rings. The molecule has 1 saturated carbocycles. The SMILES string of the molecule is CS(=O)(=O)N1CCN(C(=O)C2(C(N)=S)CC2)CC1. The second kappa shape index (κ2) is 4.43. The Bertz CT molecular complexity index is 477. The van der Waals surface area contributed by atoms with Gasteiger partial charge < -0.3 is 10.6 Å². The molecule has 0 aromatic carbocycles. The number of carbonyl (C=O) groups is 1. The van der Waals surface area contributed by atoms with Gasteiger partial charge in [0.05, 0.1) is 16.7 Å². The minimum Gasteiger partial charge on any atom is -0.392 e. The topological polar surface area (TPSA) is 83.7 Å². The largest absolute Gasteiger partial charge is 0.392 e. The zero-order valence-corrected chi connectivity index (χ0v) is 11.9. The predicted molar refractivity (Wildman–Crippen MR) is 71.4 cm³/mol. The van der Waals surface area contributed by atoms with E-state index >= 15 is 0 Å². The van der Waals surface area contributed by atoms with E-state index in [0.29, 0.717) is 39.0 Å². The third kappa shape index (κ3) is 2.36. The summed E-state index contributed by atoms with van der Waals surface area (Å²) in [6.07, 6.45) is 2.61. The van der Waals surface area contributed by atoms with Gasteiger partial charge in [0.25, 0.3) is 0 Å². The van der Waals surface area contributed by atoms with Gasteiger partial charge >= 0.3 is 0 Å². The average Bonchev–Trinajstić information content (AvgIpc) is 3.08. The van der Waals surface area contributed by atoms with E-state index in [9.17, 15) is 13.2 Å². The molecular formula is C10H17N3O3S2. The number of thiocarbonyl (C=S) groups is 1. The van der Waals surface area contributed by atoms with Crippen molar-refractivity contribution < 1.29 is 13.2 Å². The van der Waals surface area contributed by atoms with Crippen LogP contribution < -0.4 is 5.73 Å². The fourth-order valence-electron chi connectivity index (χ4n) is 2.22. The first kappa shape index (κ1) is 13.7. The minimum atomic E-state index is -3.17. The number of amides is 1. The molecular weight excluding hydrogens is 274 g/mol. The zero-order chi connectivity index (χ0) is 13.6. The number of nitrogens with two attached hydrogens (primary N) is 1. The second-order valence-electron chi connectivity index (χ2n) is 4.90. The summed E-state index contributed by atoms with van der Waals surface area (Å²) in [4.78, 5) is 14.2. The van der Waals surface area contributed by atoms with Crippen molar-refractivity contribution in [3.8, 4) is 0 Å². The predicted octanol–water partition coefficient (Wildman–Crippen LogP) is -0.843. The third-order valence-electron chi connectivity index (χ3n) is 3.63. The molecule has 2 N–H and O–H groups in total. The summed E-state index contributed by atoms with van der Waals surface area (Å²) in [6.45, 7) is 1.52. The fourth-order valence-corrected chi connectivity index (χ4v) is 3.33. The summed E-state index contributed by atoms with van der Waals surface area (Å²) in [6, 6.07) is 0. The molecule has 1 aliphatic heterocycles. The smallest absolute Gasteiger partial charge is 0.235 e. The van der Waals surface area contributed by atoms with Crippen LogP contribution in [0.15, 0.2) is 0 Å². The van der Waals surface area contributed by atoms with Crippen LogP contribution in [-0.4, -0.2) is 61.0 Å². The van der Waals surface area contributed by atoms with Crippen LogP contribution in [0.4, 0.5) is 0 Å². The lowest BCUT2D eigenvalue weighted by molar-refractivity contribution is -0.135. The van der Waals surface area contributed by atoms with E-state index in [2.05, 4.69) is 0 Å². The van der Waals surface area contributed by atoms with Gasteiger partial charge in [0.1, 0.15) is 0 Å². The quantitative estimate of drug-likeness (QED) is 0.685. The molecule has 18 heavy (non-hydrogen) atoms. The molecule has 6 nitrogen and oxygen atoms in total. The van der Waals surface area contributed by atoms with Crippen LogP contribution in [0.2, 0.25) is 0 Å². The number of hydrogen-bond acceptors (Lipinski definition) is 4. The van der Waals surface area contributed by atoms with E-state index in [1.54, 1.807) is 4.90 Å². The van der Waals surface area contributed by atoms with Crippen molar-refractivity contribution in [2.45, 2.75) is 12.8 Å². The Morgan fingerprint density at radius 2 is 1.72 bits per heavy atom. The Balaban J connectivity index is 1.99. The van der Waals surface area contributed by atoms with Gasteiger partial charge in [0.15, 0.2) is 0 Å². The van der Waals surface area contributed by atoms with Crippen LogP contribution in [0.3, 0.4) is 0 Å². The standard InChI is InChI=1S/C10H17N3O3S2/c1-18(15,16)13-6-4-12(5-7-13)9(14)10(2-3-10)8(11)17/h2-7H2,1H3,(H2,11,17). The Morgan fingerprint density at radius 1 is 1.22 bits per heavy atom. The molecule has 2 aliphatic rings. The lowest BCUT2D eigenvalue weighted by atomic mass is 10.1. The Hall–Kier alpha value is -0.730. The Labute approximate surface area is 112 Å². The van der Waals surface area contributed by atoms with Gasteiger partial charge in [0, 0.05) is 26.2 Å². The van der Waals surface area contributed by atoms with Crippen LogP contribution in [-0.2, 0) is 14.8 Å². The molecule has 1 saturated heterocycles. The summed E-state index contributed by atoms with van der Waals surface area (Å²) < 4.78 is 24.1. The molecule has 1 heterocycles. The van der Waals surface area contributed by atoms with Crippen LogP contribution >= 0.6 is 12.2 Å². The summed E-state index contributed by atoms with van der Waals surface area (Å²) >= 11 is 4.95. The zero-order valence-electron chi connectivity index (χ0n) is 10.3. The first-order valence-corrected chi connectivity index (χ1v) is 8.07. The molecule has 0 aromatic heterocycles. The molecule has 0 atom stereocenters. The molecule has 8 heteroatoms. The number of carbonyl (C=O) groups excluding carboxylic acids is 1. The maximum atomic E-state index is 12.3. The highest BCUT2D eigenvalue weighted by atomic mass is 32.2. The van der Waals surface area contributed by atoms with Gasteiger partial charge in [-0.3, -0.25) is 4.79 Å². The number of hydrogen-bond donors (Lipinski definition) is 1. The maximum absolute atomic E-state index is 12.3. The van der Waals surface area contributed by atoms with Crippen molar-refractivity contribution in [1.29, 1.82) is 0 Å². The van der Waals surface area contributed by atoms with Gasteiger partial charge in [-0.2, -0.15) is 4.31 Å². The summed E-state index contributed by atoms with van der Waals surface area (Å²) in [5.41, 5.74) is 4.98. The molecule has 0 radical (unpaired) electrons. The highest BCUT2D eigenvalue weighted by Crippen LogP contribution is 2.47. The normalized spacial score (nSPS) is 23.7. The van der Waals surface area contributed by atoms with Crippen molar-refractivity contribution in [2.75, 3.05) is 32.4 Å². The molecule has 0 aromatic rings. The van der Waals surface area contributed by atoms with E-state index in [4.69, 9.17) is 18.0 Å². The number of rotatable bonds is 3. The van der Waals surface area contributed by atoms with Gasteiger partial charge in [-0.25, -0.2) is 8.42 Å². The van der Waals surface area contributed by atoms with Crippen molar-refractivity contribution in [3.63, 3.8) is 0 Å². The highest BCUT2D eigenvalue weighted by Gasteiger charge is 2.54. The van der Waals surface area contributed by atoms with Crippen molar-refractivity contribution in [1.82, 2.24) is 9.21 Å². The van der Waals surface area contributed by atoms with Crippen molar-refractivity contribution in [3.05, 3.63) is 0 Å². The van der Waals surface area contributed by atoms with Crippen LogP contribution in [0, 0.1) is 5.41 Å².